The number of allylic oxidation sites excluding steroid dienone is 12. The maximum absolute atomic E-state index is 13.3. The Bertz CT molecular complexity index is 1760. The first kappa shape index (κ1) is 43.3. The lowest BCUT2D eigenvalue weighted by molar-refractivity contribution is -0.0461. The van der Waals surface area contributed by atoms with Crippen molar-refractivity contribution in [2.24, 2.45) is 10.8 Å². The molecule has 0 aromatic carbocycles. The molecule has 0 fully saturated rings. The first-order valence-electron chi connectivity index (χ1n) is 18.0. The van der Waals surface area contributed by atoms with Gasteiger partial charge in [0.1, 0.15) is 24.7 Å². The molecule has 1 aliphatic rings. The molecule has 0 spiro atoms. The summed E-state index contributed by atoms with van der Waals surface area (Å²) in [6.45, 7) is 11.0. The predicted octanol–water partition coefficient (Wildman–Crippen LogP) is 8.04. The second-order valence-corrected chi connectivity index (χ2v) is 13.8. The number of aliphatic hydroxyl groups is 2. The largest absolute Gasteiger partial charge is 0.457 e. The van der Waals surface area contributed by atoms with Crippen LogP contribution in [0.15, 0.2) is 125 Å². The minimum atomic E-state index is -0.871. The SMILES string of the molecule is C/C=C/[C@H](O)C(C)(C)[C@@H]1C\C=C/C=C\C=C\[C@H](OC)Cc2nc(co2)C(=O)O[C@@H](C(C)(C)[C@@H](O)/C=C/C)C/C=C/C=C/C=C/C=C\c2nc(co2)C(=O)O1. The molecule has 0 aliphatic carbocycles. The van der Waals surface area contributed by atoms with Crippen molar-refractivity contribution in [1.29, 1.82) is 0 Å². The number of aliphatic hydroxyl groups excluding tert-OH is 2. The number of rotatable bonds is 7. The number of hydrogen-bond donors (Lipinski definition) is 2. The highest BCUT2D eigenvalue weighted by Gasteiger charge is 2.39. The summed E-state index contributed by atoms with van der Waals surface area (Å²) in [6, 6.07) is 0. The van der Waals surface area contributed by atoms with Crippen molar-refractivity contribution in [3.63, 3.8) is 0 Å². The third-order valence-electron chi connectivity index (χ3n) is 9.03. The highest BCUT2D eigenvalue weighted by Crippen LogP contribution is 2.33. The molecule has 11 nitrogen and oxygen atoms in total. The van der Waals surface area contributed by atoms with Gasteiger partial charge >= 0.3 is 11.9 Å². The summed E-state index contributed by atoms with van der Waals surface area (Å²) in [5.41, 5.74) is -1.63. The van der Waals surface area contributed by atoms with Gasteiger partial charge in [-0.15, -0.1) is 0 Å². The lowest BCUT2D eigenvalue weighted by Gasteiger charge is -2.36. The molecular formula is C43H54N2O9. The summed E-state index contributed by atoms with van der Waals surface area (Å²) in [5, 5.41) is 21.7. The standard InChI is InChI=1S/C43H54N2O9/c1-8-22-34(46)42(3,4)36-26-20-16-13-14-18-24-31(50-7)28-39-45-33(30-52-39)41(49)54-37(43(5,6)35(47)23-9-2)25-19-15-11-10-12-17-21-27-38-44-32(29-51-38)40(48)53-36/h8-24,27,29-31,34-37,46-47H,25-26,28H2,1-7H3/b11-10+,14-13-,17-12+,19-15+,20-16-,22-8+,23-9+,24-18+,27-21-/t31-,34-,35-,36-,37+/m0/s1. The lowest BCUT2D eigenvalue weighted by atomic mass is 9.79. The van der Waals surface area contributed by atoms with Crippen LogP contribution in [-0.4, -0.2) is 69.7 Å². The number of aromatic nitrogens is 2. The van der Waals surface area contributed by atoms with Gasteiger partial charge in [0, 0.05) is 36.9 Å². The highest BCUT2D eigenvalue weighted by molar-refractivity contribution is 5.87. The second kappa shape index (κ2) is 21.6. The van der Waals surface area contributed by atoms with Crippen LogP contribution in [-0.2, 0) is 20.6 Å². The van der Waals surface area contributed by atoms with Crippen LogP contribution in [0, 0.1) is 10.8 Å². The zero-order chi connectivity index (χ0) is 39.6. The summed E-state index contributed by atoms with van der Waals surface area (Å²) in [5.74, 6) is -0.812. The van der Waals surface area contributed by atoms with E-state index in [4.69, 9.17) is 23.0 Å². The number of methoxy groups -OCH3 is 1. The maximum atomic E-state index is 13.3. The van der Waals surface area contributed by atoms with E-state index in [2.05, 4.69) is 9.97 Å². The number of nitrogens with zero attached hydrogens (tertiary/aromatic N) is 2. The summed E-state index contributed by atoms with van der Waals surface area (Å²) in [7, 11) is 1.56. The summed E-state index contributed by atoms with van der Waals surface area (Å²) >= 11 is 0. The maximum Gasteiger partial charge on any atom is 0.360 e. The minimum Gasteiger partial charge on any atom is -0.457 e. The third-order valence-corrected chi connectivity index (χ3v) is 9.03. The molecule has 3 heterocycles. The summed E-state index contributed by atoms with van der Waals surface area (Å²) in [6.07, 6.45) is 31.9. The first-order chi connectivity index (χ1) is 25.8. The van der Waals surface area contributed by atoms with Crippen LogP contribution in [0.4, 0.5) is 0 Å². The second-order valence-electron chi connectivity index (χ2n) is 13.8. The number of carbonyl (C=O) groups is 2. The van der Waals surface area contributed by atoms with Crippen molar-refractivity contribution in [2.75, 3.05) is 7.11 Å². The van der Waals surface area contributed by atoms with Crippen LogP contribution in [0.25, 0.3) is 6.08 Å². The van der Waals surface area contributed by atoms with E-state index in [1.165, 1.54) is 12.5 Å². The Morgan fingerprint density at radius 3 is 1.74 bits per heavy atom. The Hall–Kier alpha value is -5.10. The van der Waals surface area contributed by atoms with E-state index in [-0.39, 0.29) is 23.7 Å². The van der Waals surface area contributed by atoms with E-state index < -0.39 is 53.3 Å². The third kappa shape index (κ3) is 13.1. The molecule has 3 rings (SSSR count). The molecule has 2 N–H and O–H groups in total. The topological polar surface area (TPSA) is 154 Å². The number of esters is 2. The van der Waals surface area contributed by atoms with Crippen molar-refractivity contribution in [1.82, 2.24) is 9.97 Å². The molecule has 54 heavy (non-hydrogen) atoms. The zero-order valence-electron chi connectivity index (χ0n) is 32.2. The zero-order valence-corrected chi connectivity index (χ0v) is 32.2. The molecule has 0 unspecified atom stereocenters. The minimum absolute atomic E-state index is 0.0118. The van der Waals surface area contributed by atoms with Crippen molar-refractivity contribution >= 4 is 18.0 Å². The average molecular weight is 743 g/mol. The van der Waals surface area contributed by atoms with E-state index in [1.54, 1.807) is 55.7 Å². The quantitative estimate of drug-likeness (QED) is 0.209. The van der Waals surface area contributed by atoms with Crippen LogP contribution in [0.2, 0.25) is 0 Å². The normalized spacial score (nSPS) is 25.5. The van der Waals surface area contributed by atoms with Crippen molar-refractivity contribution in [3.05, 3.63) is 139 Å². The molecule has 2 aromatic heterocycles. The summed E-state index contributed by atoms with van der Waals surface area (Å²) < 4.78 is 28.5. The fraction of sp³-hybridized carbons (Fsp3) is 0.395. The first-order valence-corrected chi connectivity index (χ1v) is 18.0. The number of oxazole rings is 2. The van der Waals surface area contributed by atoms with E-state index in [9.17, 15) is 19.8 Å². The molecule has 0 amide bonds. The van der Waals surface area contributed by atoms with Crippen molar-refractivity contribution in [3.8, 4) is 0 Å². The van der Waals surface area contributed by atoms with Gasteiger partial charge in [-0.25, -0.2) is 19.6 Å². The van der Waals surface area contributed by atoms with E-state index >= 15 is 0 Å². The van der Waals surface area contributed by atoms with Crippen molar-refractivity contribution in [2.45, 2.75) is 91.3 Å². The van der Waals surface area contributed by atoms with Gasteiger partial charge in [0.15, 0.2) is 17.3 Å². The summed E-state index contributed by atoms with van der Waals surface area (Å²) in [4.78, 5) is 35.0. The average Bonchev–Trinajstić information content (AvgIpc) is 3.82. The van der Waals surface area contributed by atoms with Gasteiger partial charge < -0.3 is 33.3 Å². The van der Waals surface area contributed by atoms with E-state index in [0.29, 0.717) is 18.7 Å². The molecule has 5 atom stereocenters. The predicted molar refractivity (Wildman–Crippen MR) is 208 cm³/mol. The number of ether oxygens (including phenoxy) is 3. The number of carbonyl (C=O) groups excluding carboxylic acids is 2. The van der Waals surface area contributed by atoms with Gasteiger partial charge in [0.2, 0.25) is 5.89 Å². The Kier molecular flexibility index (Phi) is 17.3. The van der Waals surface area contributed by atoms with Crippen LogP contribution >= 0.6 is 0 Å². The van der Waals surface area contributed by atoms with Gasteiger partial charge in [-0.1, -0.05) is 131 Å². The van der Waals surface area contributed by atoms with Crippen LogP contribution in [0.1, 0.15) is 87.1 Å². The monoisotopic (exact) mass is 742 g/mol. The molecular weight excluding hydrogens is 688 g/mol. The fourth-order valence-electron chi connectivity index (χ4n) is 5.26. The molecule has 11 heteroatoms. The molecule has 1 aliphatic heterocycles. The molecule has 290 valence electrons. The van der Waals surface area contributed by atoms with E-state index in [0.717, 1.165) is 0 Å². The van der Waals surface area contributed by atoms with Crippen LogP contribution in [0.3, 0.4) is 0 Å². The van der Waals surface area contributed by atoms with Crippen LogP contribution < -0.4 is 0 Å². The number of fused-ring (bicyclic) bond motifs is 4. The highest BCUT2D eigenvalue weighted by atomic mass is 16.6. The van der Waals surface area contributed by atoms with Gasteiger partial charge in [0.25, 0.3) is 0 Å². The molecule has 0 saturated carbocycles. The van der Waals surface area contributed by atoms with Gasteiger partial charge in [-0.3, -0.25) is 0 Å². The Balaban J connectivity index is 1.91. The Morgan fingerprint density at radius 2 is 1.20 bits per heavy atom. The van der Waals surface area contributed by atoms with Gasteiger partial charge in [-0.05, 0) is 13.8 Å². The van der Waals surface area contributed by atoms with Gasteiger partial charge in [-0.2, -0.15) is 0 Å². The van der Waals surface area contributed by atoms with E-state index in [1.807, 2.05) is 102 Å². The smallest absolute Gasteiger partial charge is 0.360 e. The molecule has 2 aromatic rings. The number of cyclic esters (lactones) is 2. The molecule has 0 radical (unpaired) electrons. The van der Waals surface area contributed by atoms with Crippen molar-refractivity contribution < 1.29 is 42.8 Å². The molecule has 0 saturated heterocycles. The fourth-order valence-corrected chi connectivity index (χ4v) is 5.26. The van der Waals surface area contributed by atoms with Gasteiger partial charge in [0.05, 0.1) is 24.7 Å². The lowest BCUT2D eigenvalue weighted by Crippen LogP contribution is -2.42. The number of hydrogen-bond acceptors (Lipinski definition) is 11. The Labute approximate surface area is 318 Å². The molecule has 4 bridgehead atoms. The Morgan fingerprint density at radius 1 is 0.722 bits per heavy atom. The van der Waals surface area contributed by atoms with Crippen LogP contribution in [0.5, 0.6) is 0 Å².